The molecule has 0 bridgehead atoms. The minimum Gasteiger partial charge on any atom is -0.369 e. The van der Waals surface area contributed by atoms with Gasteiger partial charge in [0.05, 0.1) is 12.6 Å². The lowest BCUT2D eigenvalue weighted by atomic mass is 10.0. The van der Waals surface area contributed by atoms with Crippen molar-refractivity contribution in [1.82, 2.24) is 15.5 Å². The van der Waals surface area contributed by atoms with Gasteiger partial charge in [0.2, 0.25) is 5.91 Å². The molecule has 7 heteroatoms. The Morgan fingerprint density at radius 2 is 1.92 bits per heavy atom. The zero-order chi connectivity index (χ0) is 16.9. The molecule has 1 fully saturated rings. The van der Waals surface area contributed by atoms with E-state index in [4.69, 9.17) is 5.73 Å². The molecular weight excluding hydrogens is 324 g/mol. The number of fused-ring (bicyclic) bond motifs is 1. The number of primary amides is 1. The van der Waals surface area contributed by atoms with Gasteiger partial charge in [-0.05, 0) is 30.9 Å². The number of likely N-dealkylation sites (tertiary alicyclic amines) is 1. The largest absolute Gasteiger partial charge is 0.369 e. The number of hydrogen-bond acceptors (Lipinski definition) is 4. The van der Waals surface area contributed by atoms with Crippen molar-refractivity contribution in [3.05, 3.63) is 29.8 Å². The van der Waals surface area contributed by atoms with Crippen molar-refractivity contribution in [3.8, 4) is 0 Å². The third kappa shape index (κ3) is 4.42. The fraction of sp³-hybridized carbons (Fsp3) is 0.529. The molecule has 130 valence electrons. The van der Waals surface area contributed by atoms with Gasteiger partial charge >= 0.3 is 6.03 Å². The third-order valence-electron chi connectivity index (χ3n) is 4.57. The van der Waals surface area contributed by atoms with Crippen LogP contribution in [0.4, 0.5) is 4.79 Å². The molecule has 1 saturated heterocycles. The fourth-order valence-electron chi connectivity index (χ4n) is 3.33. The lowest BCUT2D eigenvalue weighted by Crippen LogP contribution is -2.49. The zero-order valence-electron chi connectivity index (χ0n) is 13.7. The van der Waals surface area contributed by atoms with Crippen LogP contribution in [0.2, 0.25) is 0 Å². The minimum atomic E-state index is -0.298. The highest BCUT2D eigenvalue weighted by Crippen LogP contribution is 2.35. The van der Waals surface area contributed by atoms with Gasteiger partial charge in [0.1, 0.15) is 0 Å². The van der Waals surface area contributed by atoms with Crippen molar-refractivity contribution in [2.75, 3.05) is 25.4 Å². The molecule has 1 atom stereocenters. The minimum absolute atomic E-state index is 0.0809. The molecule has 1 aromatic rings. The van der Waals surface area contributed by atoms with E-state index in [0.29, 0.717) is 6.54 Å². The summed E-state index contributed by atoms with van der Waals surface area (Å²) in [6, 6.07) is 8.39. The van der Waals surface area contributed by atoms with Crippen molar-refractivity contribution in [1.29, 1.82) is 0 Å². The number of carbonyl (C=O) groups is 2. The molecule has 3 rings (SSSR count). The first kappa shape index (κ1) is 17.1. The number of thioether (sulfide) groups is 1. The number of rotatable bonds is 4. The Bertz CT molecular complexity index is 602. The van der Waals surface area contributed by atoms with Gasteiger partial charge in [0.15, 0.2) is 0 Å². The molecule has 0 radical (unpaired) electrons. The zero-order valence-corrected chi connectivity index (χ0v) is 14.5. The molecule has 6 nitrogen and oxygen atoms in total. The van der Waals surface area contributed by atoms with Crippen molar-refractivity contribution in [2.24, 2.45) is 5.73 Å². The number of hydrogen-bond donors (Lipinski definition) is 3. The van der Waals surface area contributed by atoms with Crippen LogP contribution in [0.25, 0.3) is 0 Å². The van der Waals surface area contributed by atoms with Crippen molar-refractivity contribution in [3.63, 3.8) is 0 Å². The number of urea groups is 1. The maximum atomic E-state index is 12.3. The monoisotopic (exact) mass is 348 g/mol. The second kappa shape index (κ2) is 7.90. The molecule has 0 saturated carbocycles. The fourth-order valence-corrected chi connectivity index (χ4v) is 4.46. The Kier molecular flexibility index (Phi) is 5.63. The first-order valence-electron chi connectivity index (χ1n) is 8.41. The second-order valence-electron chi connectivity index (χ2n) is 6.36. The number of nitrogens with one attached hydrogen (secondary N) is 2. The van der Waals surface area contributed by atoms with Gasteiger partial charge in [-0.25, -0.2) is 4.79 Å². The highest BCUT2D eigenvalue weighted by atomic mass is 32.2. The van der Waals surface area contributed by atoms with Gasteiger partial charge in [-0.3, -0.25) is 9.69 Å². The normalized spacial score (nSPS) is 21.8. The Hall–Kier alpha value is -1.73. The van der Waals surface area contributed by atoms with Crippen molar-refractivity contribution >= 4 is 23.7 Å². The van der Waals surface area contributed by atoms with Gasteiger partial charge in [-0.1, -0.05) is 18.2 Å². The lowest BCUT2D eigenvalue weighted by Gasteiger charge is -2.32. The van der Waals surface area contributed by atoms with Crippen LogP contribution in [-0.4, -0.2) is 48.3 Å². The van der Waals surface area contributed by atoms with Crippen LogP contribution >= 0.6 is 11.8 Å². The van der Waals surface area contributed by atoms with Gasteiger partial charge in [-0.2, -0.15) is 0 Å². The molecule has 1 unspecified atom stereocenters. The third-order valence-corrected chi connectivity index (χ3v) is 5.69. The van der Waals surface area contributed by atoms with E-state index in [2.05, 4.69) is 22.8 Å². The summed E-state index contributed by atoms with van der Waals surface area (Å²) in [4.78, 5) is 26.6. The van der Waals surface area contributed by atoms with E-state index in [1.807, 2.05) is 28.8 Å². The molecule has 1 aromatic carbocycles. The number of nitrogens with two attached hydrogens (primary N) is 1. The smallest absolute Gasteiger partial charge is 0.315 e. The van der Waals surface area contributed by atoms with E-state index in [1.54, 1.807) is 0 Å². The highest BCUT2D eigenvalue weighted by molar-refractivity contribution is 7.99. The van der Waals surface area contributed by atoms with Crippen molar-refractivity contribution in [2.45, 2.75) is 36.2 Å². The Labute approximate surface area is 146 Å². The average Bonchev–Trinajstić information content (AvgIpc) is 2.56. The van der Waals surface area contributed by atoms with Crippen LogP contribution in [0.3, 0.4) is 0 Å². The first-order valence-corrected chi connectivity index (χ1v) is 9.40. The number of nitrogens with zero attached hydrogens (tertiary/aromatic N) is 1. The van der Waals surface area contributed by atoms with E-state index >= 15 is 0 Å². The van der Waals surface area contributed by atoms with E-state index < -0.39 is 0 Å². The highest BCUT2D eigenvalue weighted by Gasteiger charge is 2.25. The molecule has 0 spiro atoms. The molecular formula is C17H24N4O2S. The maximum absolute atomic E-state index is 12.3. The van der Waals surface area contributed by atoms with Crippen molar-refractivity contribution < 1.29 is 9.59 Å². The van der Waals surface area contributed by atoms with Crippen LogP contribution < -0.4 is 16.4 Å². The number of carbonyl (C=O) groups excluding carboxylic acids is 2. The summed E-state index contributed by atoms with van der Waals surface area (Å²) in [5, 5.41) is 6.19. The summed E-state index contributed by atoms with van der Waals surface area (Å²) in [6.07, 6.45) is 2.64. The van der Waals surface area contributed by atoms with Crippen LogP contribution in [0, 0.1) is 0 Å². The summed E-state index contributed by atoms with van der Waals surface area (Å²) >= 11 is 1.85. The summed E-state index contributed by atoms with van der Waals surface area (Å²) in [6.45, 7) is 1.88. The molecule has 2 heterocycles. The average molecular weight is 348 g/mol. The SMILES string of the molecule is NC(=O)CN1CCC(NC(=O)NC2CCSc3ccccc32)CC1. The Balaban J connectivity index is 1.48. The number of piperidine rings is 1. The molecule has 3 amide bonds. The summed E-state index contributed by atoms with van der Waals surface area (Å²) in [5.41, 5.74) is 6.43. The molecule has 0 aliphatic carbocycles. The molecule has 2 aliphatic heterocycles. The van der Waals surface area contributed by atoms with E-state index in [0.717, 1.165) is 38.1 Å². The van der Waals surface area contributed by atoms with Gasteiger partial charge in [0, 0.05) is 29.8 Å². The quantitative estimate of drug-likeness (QED) is 0.769. The summed E-state index contributed by atoms with van der Waals surface area (Å²) in [5.74, 6) is 0.723. The van der Waals surface area contributed by atoms with Crippen LogP contribution in [0.1, 0.15) is 30.9 Å². The van der Waals surface area contributed by atoms with Crippen LogP contribution in [0.5, 0.6) is 0 Å². The Morgan fingerprint density at radius 3 is 2.67 bits per heavy atom. The topological polar surface area (TPSA) is 87.5 Å². The van der Waals surface area contributed by atoms with Crippen LogP contribution in [-0.2, 0) is 4.79 Å². The van der Waals surface area contributed by atoms with Crippen LogP contribution in [0.15, 0.2) is 29.2 Å². The standard InChI is InChI=1S/C17H24N4O2S/c18-16(22)11-21-8-5-12(6-9-21)19-17(23)20-14-7-10-24-15-4-2-1-3-13(14)15/h1-4,12,14H,5-11H2,(H2,18,22)(H2,19,20,23). The Morgan fingerprint density at radius 1 is 1.17 bits per heavy atom. The maximum Gasteiger partial charge on any atom is 0.315 e. The lowest BCUT2D eigenvalue weighted by molar-refractivity contribution is -0.119. The van der Waals surface area contributed by atoms with Gasteiger partial charge in [-0.15, -0.1) is 11.8 Å². The van der Waals surface area contributed by atoms with E-state index in [-0.39, 0.29) is 24.0 Å². The van der Waals surface area contributed by atoms with Gasteiger partial charge < -0.3 is 16.4 Å². The summed E-state index contributed by atoms with van der Waals surface area (Å²) in [7, 11) is 0. The van der Waals surface area contributed by atoms with Gasteiger partial charge in [0.25, 0.3) is 0 Å². The molecule has 24 heavy (non-hydrogen) atoms. The first-order chi connectivity index (χ1) is 11.6. The number of amides is 3. The molecule has 4 N–H and O–H groups in total. The predicted octanol–water partition coefficient (Wildman–Crippen LogP) is 1.47. The molecule has 0 aromatic heterocycles. The van der Waals surface area contributed by atoms with E-state index in [1.165, 1.54) is 10.5 Å². The summed E-state index contributed by atoms with van der Waals surface area (Å²) < 4.78 is 0. The molecule has 2 aliphatic rings. The second-order valence-corrected chi connectivity index (χ2v) is 7.50. The predicted molar refractivity (Wildman–Crippen MR) is 94.8 cm³/mol. The number of benzene rings is 1. The van der Waals surface area contributed by atoms with E-state index in [9.17, 15) is 9.59 Å².